The topological polar surface area (TPSA) is 87.1 Å². The molecule has 0 aromatic heterocycles. The summed E-state index contributed by atoms with van der Waals surface area (Å²) in [4.78, 5) is 20.8. The Bertz CT molecular complexity index is 509. The van der Waals surface area contributed by atoms with Crippen molar-refractivity contribution in [2.45, 2.75) is 39.5 Å². The Kier molecular flexibility index (Phi) is 9.62. The first-order chi connectivity index (χ1) is 11.9. The van der Waals surface area contributed by atoms with E-state index in [1.807, 2.05) is 0 Å². The number of unbranched alkanes of at least 4 members (excludes halogenated alkanes) is 1. The molecule has 0 spiro atoms. The minimum atomic E-state index is -1.82. The maximum atomic E-state index is 9.10. The molecule has 25 heavy (non-hydrogen) atoms. The molecular formula is C19H29NO5. The minimum absolute atomic E-state index is 0.841. The molecule has 0 radical (unpaired) electrons. The molecule has 1 aliphatic heterocycles. The molecule has 0 aliphatic carbocycles. The highest BCUT2D eigenvalue weighted by molar-refractivity contribution is 6.27. The molecule has 6 heteroatoms. The van der Waals surface area contributed by atoms with Crippen molar-refractivity contribution in [2.75, 3.05) is 26.2 Å². The van der Waals surface area contributed by atoms with Crippen molar-refractivity contribution in [2.24, 2.45) is 5.92 Å². The van der Waals surface area contributed by atoms with E-state index in [0.29, 0.717) is 0 Å². The molecule has 6 nitrogen and oxygen atoms in total. The zero-order valence-electron chi connectivity index (χ0n) is 15.1. The number of carboxylic acids is 2. The summed E-state index contributed by atoms with van der Waals surface area (Å²) in [5.74, 6) is -1.72. The number of ether oxygens (including phenoxy) is 1. The van der Waals surface area contributed by atoms with E-state index >= 15 is 0 Å². The van der Waals surface area contributed by atoms with Gasteiger partial charge in [-0.25, -0.2) is 9.59 Å². The van der Waals surface area contributed by atoms with Crippen LogP contribution in [0.1, 0.15) is 38.2 Å². The van der Waals surface area contributed by atoms with Crippen LogP contribution in [0.2, 0.25) is 0 Å². The van der Waals surface area contributed by atoms with Crippen LogP contribution in [0.15, 0.2) is 24.3 Å². The van der Waals surface area contributed by atoms with E-state index in [1.54, 1.807) is 0 Å². The van der Waals surface area contributed by atoms with Crippen LogP contribution >= 0.6 is 0 Å². The molecule has 1 saturated heterocycles. The number of hydrogen-bond donors (Lipinski definition) is 2. The molecule has 0 atom stereocenters. The molecule has 1 fully saturated rings. The van der Waals surface area contributed by atoms with Gasteiger partial charge in [0.25, 0.3) is 0 Å². The second-order valence-electron chi connectivity index (χ2n) is 6.50. The molecule has 0 saturated carbocycles. The Morgan fingerprint density at radius 3 is 2.16 bits per heavy atom. The Labute approximate surface area is 149 Å². The molecule has 2 rings (SSSR count). The molecule has 2 N–H and O–H groups in total. The van der Waals surface area contributed by atoms with Gasteiger partial charge in [-0.05, 0) is 70.3 Å². The first-order valence-electron chi connectivity index (χ1n) is 8.76. The third kappa shape index (κ3) is 9.72. The average Bonchev–Trinajstić information content (AvgIpc) is 2.58. The monoisotopic (exact) mass is 351 g/mol. The molecule has 1 aliphatic rings. The average molecular weight is 351 g/mol. The Hall–Kier alpha value is -2.08. The van der Waals surface area contributed by atoms with Crippen LogP contribution in [0.4, 0.5) is 0 Å². The summed E-state index contributed by atoms with van der Waals surface area (Å²) in [6, 6.07) is 8.32. The third-order valence-electron chi connectivity index (χ3n) is 4.22. The second-order valence-corrected chi connectivity index (χ2v) is 6.50. The van der Waals surface area contributed by atoms with Crippen molar-refractivity contribution in [3.8, 4) is 5.75 Å². The van der Waals surface area contributed by atoms with Crippen molar-refractivity contribution in [1.29, 1.82) is 0 Å². The molecule has 140 valence electrons. The number of benzene rings is 1. The van der Waals surface area contributed by atoms with Crippen molar-refractivity contribution in [1.82, 2.24) is 4.90 Å². The number of carboxylic acid groups (broad SMARTS) is 2. The van der Waals surface area contributed by atoms with E-state index in [-0.39, 0.29) is 0 Å². The number of nitrogens with zero attached hydrogens (tertiary/aromatic N) is 1. The van der Waals surface area contributed by atoms with Crippen molar-refractivity contribution in [3.63, 3.8) is 0 Å². The number of likely N-dealkylation sites (tertiary alicyclic amines) is 1. The summed E-state index contributed by atoms with van der Waals surface area (Å²) in [5.41, 5.74) is 1.28. The summed E-state index contributed by atoms with van der Waals surface area (Å²) in [7, 11) is 0. The van der Waals surface area contributed by atoms with Gasteiger partial charge in [0.2, 0.25) is 0 Å². The summed E-state index contributed by atoms with van der Waals surface area (Å²) < 4.78 is 5.75. The number of hydrogen-bond acceptors (Lipinski definition) is 4. The number of rotatable bonds is 6. The van der Waals surface area contributed by atoms with E-state index in [4.69, 9.17) is 24.5 Å². The Morgan fingerprint density at radius 1 is 1.08 bits per heavy atom. The number of piperidine rings is 1. The summed E-state index contributed by atoms with van der Waals surface area (Å²) in [6.07, 6.45) is 5.15. The SMILES string of the molecule is Cc1ccc(OCCCCN2CCC(C)CC2)cc1.O=C(O)C(=O)O. The second kappa shape index (κ2) is 11.5. The maximum Gasteiger partial charge on any atom is 0.414 e. The van der Waals surface area contributed by atoms with Gasteiger partial charge in [-0.3, -0.25) is 0 Å². The van der Waals surface area contributed by atoms with Crippen molar-refractivity contribution < 1.29 is 24.5 Å². The predicted octanol–water partition coefficient (Wildman–Crippen LogP) is 3.04. The van der Waals surface area contributed by atoms with E-state index in [9.17, 15) is 0 Å². The van der Waals surface area contributed by atoms with E-state index in [2.05, 4.69) is 43.0 Å². The molecule has 0 bridgehead atoms. The number of aryl methyl sites for hydroxylation is 1. The highest BCUT2D eigenvalue weighted by Gasteiger charge is 2.14. The van der Waals surface area contributed by atoms with Gasteiger partial charge in [-0.1, -0.05) is 24.6 Å². The highest BCUT2D eigenvalue weighted by Crippen LogP contribution is 2.16. The zero-order valence-corrected chi connectivity index (χ0v) is 15.1. The Balaban J connectivity index is 0.000000450. The molecule has 1 aromatic carbocycles. The summed E-state index contributed by atoms with van der Waals surface area (Å²) in [5, 5.41) is 14.8. The lowest BCUT2D eigenvalue weighted by Gasteiger charge is -2.30. The van der Waals surface area contributed by atoms with Gasteiger partial charge >= 0.3 is 11.9 Å². The predicted molar refractivity (Wildman–Crippen MR) is 96.0 cm³/mol. The summed E-state index contributed by atoms with van der Waals surface area (Å²) >= 11 is 0. The van der Waals surface area contributed by atoms with Crippen LogP contribution in [0.25, 0.3) is 0 Å². The van der Waals surface area contributed by atoms with Gasteiger partial charge in [0.05, 0.1) is 6.61 Å². The van der Waals surface area contributed by atoms with Gasteiger partial charge < -0.3 is 19.8 Å². The lowest BCUT2D eigenvalue weighted by molar-refractivity contribution is -0.159. The fraction of sp³-hybridized carbons (Fsp3) is 0.579. The normalized spacial score (nSPS) is 15.1. The van der Waals surface area contributed by atoms with Gasteiger partial charge in [0, 0.05) is 0 Å². The van der Waals surface area contributed by atoms with Gasteiger partial charge in [-0.15, -0.1) is 0 Å². The van der Waals surface area contributed by atoms with Gasteiger partial charge in [0.1, 0.15) is 5.75 Å². The molecule has 1 heterocycles. The highest BCUT2D eigenvalue weighted by atomic mass is 16.5. The fourth-order valence-corrected chi connectivity index (χ4v) is 2.55. The largest absolute Gasteiger partial charge is 0.494 e. The van der Waals surface area contributed by atoms with Crippen molar-refractivity contribution in [3.05, 3.63) is 29.8 Å². The van der Waals surface area contributed by atoms with Gasteiger partial charge in [-0.2, -0.15) is 0 Å². The molecular weight excluding hydrogens is 322 g/mol. The van der Waals surface area contributed by atoms with Crippen LogP contribution in [0.3, 0.4) is 0 Å². The van der Waals surface area contributed by atoms with Crippen LogP contribution in [-0.4, -0.2) is 53.3 Å². The van der Waals surface area contributed by atoms with Gasteiger partial charge in [0.15, 0.2) is 0 Å². The first kappa shape index (κ1) is 21.0. The van der Waals surface area contributed by atoms with Crippen LogP contribution in [0, 0.1) is 12.8 Å². The number of carbonyl (C=O) groups is 2. The zero-order chi connectivity index (χ0) is 18.7. The smallest absolute Gasteiger partial charge is 0.414 e. The van der Waals surface area contributed by atoms with Crippen LogP contribution in [0.5, 0.6) is 5.75 Å². The van der Waals surface area contributed by atoms with E-state index in [0.717, 1.165) is 24.7 Å². The molecule has 0 amide bonds. The quantitative estimate of drug-likeness (QED) is 0.605. The standard InChI is InChI=1S/C17H27NO.C2H2O4/c1-15-5-7-17(8-6-15)19-14-4-3-11-18-12-9-16(2)10-13-18;3-1(4)2(5)6/h5-8,16H,3-4,9-14H2,1-2H3;(H,3,4)(H,5,6). The van der Waals surface area contributed by atoms with Crippen LogP contribution in [-0.2, 0) is 9.59 Å². The van der Waals surface area contributed by atoms with Crippen molar-refractivity contribution >= 4 is 11.9 Å². The summed E-state index contributed by atoms with van der Waals surface area (Å²) in [6.45, 7) is 9.13. The fourth-order valence-electron chi connectivity index (χ4n) is 2.55. The van der Waals surface area contributed by atoms with Crippen LogP contribution < -0.4 is 4.74 Å². The minimum Gasteiger partial charge on any atom is -0.494 e. The lowest BCUT2D eigenvalue weighted by Crippen LogP contribution is -2.33. The number of aliphatic carboxylic acids is 2. The molecule has 0 unspecified atom stereocenters. The van der Waals surface area contributed by atoms with E-state index in [1.165, 1.54) is 44.5 Å². The lowest BCUT2D eigenvalue weighted by atomic mass is 9.99. The van der Waals surface area contributed by atoms with E-state index < -0.39 is 11.9 Å². The third-order valence-corrected chi connectivity index (χ3v) is 4.22. The Morgan fingerprint density at radius 2 is 1.64 bits per heavy atom. The first-order valence-corrected chi connectivity index (χ1v) is 8.76. The maximum absolute atomic E-state index is 9.10. The molecule has 1 aromatic rings.